The zero-order valence-electron chi connectivity index (χ0n) is 15.4. The van der Waals surface area contributed by atoms with E-state index in [1.54, 1.807) is 24.4 Å². The summed E-state index contributed by atoms with van der Waals surface area (Å²) < 4.78 is 11.6. The Morgan fingerprint density at radius 2 is 2.19 bits per heavy atom. The molecular weight excluding hydrogens is 364 g/mol. The van der Waals surface area contributed by atoms with Crippen LogP contribution < -0.4 is 14.8 Å². The molecular formula is C21H23ClN2O3. The number of hydrogen-bond acceptors (Lipinski definition) is 4. The van der Waals surface area contributed by atoms with Crippen LogP contribution in [0.2, 0.25) is 5.02 Å². The number of carbonyl (C=O) groups excluding carboxylic acids is 1. The SMILES string of the molecule is CC(=O)N[C@@H](C)C=Cc1ccc(Oc2cc(OCC3CC3)ccc2Cl)nc1. The van der Waals surface area contributed by atoms with Gasteiger partial charge in [0.2, 0.25) is 11.8 Å². The zero-order valence-corrected chi connectivity index (χ0v) is 16.2. The number of amides is 1. The summed E-state index contributed by atoms with van der Waals surface area (Å²) in [6.07, 6.45) is 7.98. The van der Waals surface area contributed by atoms with E-state index >= 15 is 0 Å². The third-order valence-electron chi connectivity index (χ3n) is 4.07. The highest BCUT2D eigenvalue weighted by Crippen LogP contribution is 2.34. The van der Waals surface area contributed by atoms with Gasteiger partial charge < -0.3 is 14.8 Å². The number of pyridine rings is 1. The van der Waals surface area contributed by atoms with Crippen LogP contribution in [0.25, 0.3) is 6.08 Å². The highest BCUT2D eigenvalue weighted by atomic mass is 35.5. The van der Waals surface area contributed by atoms with Crippen molar-refractivity contribution in [3.05, 3.63) is 53.2 Å². The van der Waals surface area contributed by atoms with Gasteiger partial charge in [0.05, 0.1) is 11.6 Å². The van der Waals surface area contributed by atoms with Gasteiger partial charge in [-0.15, -0.1) is 0 Å². The monoisotopic (exact) mass is 386 g/mol. The molecule has 0 spiro atoms. The number of rotatable bonds is 8. The van der Waals surface area contributed by atoms with Crippen molar-refractivity contribution in [3.8, 4) is 17.4 Å². The summed E-state index contributed by atoms with van der Waals surface area (Å²) >= 11 is 6.22. The van der Waals surface area contributed by atoms with Crippen molar-refractivity contribution in [2.75, 3.05) is 6.61 Å². The number of aromatic nitrogens is 1. The molecule has 1 aromatic heterocycles. The van der Waals surface area contributed by atoms with Gasteiger partial charge in [-0.3, -0.25) is 4.79 Å². The van der Waals surface area contributed by atoms with Gasteiger partial charge in [0.15, 0.2) is 5.75 Å². The number of carbonyl (C=O) groups is 1. The van der Waals surface area contributed by atoms with Gasteiger partial charge in [0, 0.05) is 31.3 Å². The average Bonchev–Trinajstić information content (AvgIpc) is 3.46. The number of nitrogens with one attached hydrogen (secondary N) is 1. The van der Waals surface area contributed by atoms with Crippen molar-refractivity contribution in [1.82, 2.24) is 10.3 Å². The van der Waals surface area contributed by atoms with Gasteiger partial charge in [0.1, 0.15) is 5.75 Å². The fourth-order valence-electron chi connectivity index (χ4n) is 2.44. The van der Waals surface area contributed by atoms with Crippen molar-refractivity contribution in [3.63, 3.8) is 0 Å². The van der Waals surface area contributed by atoms with Crippen molar-refractivity contribution in [2.24, 2.45) is 5.92 Å². The van der Waals surface area contributed by atoms with Crippen molar-refractivity contribution >= 4 is 23.6 Å². The molecule has 0 saturated heterocycles. The summed E-state index contributed by atoms with van der Waals surface area (Å²) in [5.74, 6) is 2.33. The minimum atomic E-state index is -0.0609. The first-order valence-corrected chi connectivity index (χ1v) is 9.39. The molecule has 1 saturated carbocycles. The van der Waals surface area contributed by atoms with Crippen LogP contribution in [0.1, 0.15) is 32.3 Å². The quantitative estimate of drug-likeness (QED) is 0.704. The first-order chi connectivity index (χ1) is 13.0. The Morgan fingerprint density at radius 1 is 1.37 bits per heavy atom. The molecule has 1 amide bonds. The molecule has 2 aromatic rings. The van der Waals surface area contributed by atoms with Crippen molar-refractivity contribution < 1.29 is 14.3 Å². The summed E-state index contributed by atoms with van der Waals surface area (Å²) in [7, 11) is 0. The lowest BCUT2D eigenvalue weighted by Crippen LogP contribution is -2.28. The third kappa shape index (κ3) is 6.29. The molecule has 6 heteroatoms. The minimum Gasteiger partial charge on any atom is -0.493 e. The van der Waals surface area contributed by atoms with Crippen LogP contribution in [0.5, 0.6) is 17.4 Å². The van der Waals surface area contributed by atoms with Crippen LogP contribution in [0.4, 0.5) is 0 Å². The lowest BCUT2D eigenvalue weighted by molar-refractivity contribution is -0.119. The molecule has 1 fully saturated rings. The first-order valence-electron chi connectivity index (χ1n) is 9.01. The summed E-state index contributed by atoms with van der Waals surface area (Å²) in [4.78, 5) is 15.3. The van der Waals surface area contributed by atoms with Gasteiger partial charge in [0.25, 0.3) is 0 Å². The van der Waals surface area contributed by atoms with E-state index in [1.807, 2.05) is 31.2 Å². The number of nitrogens with zero attached hydrogens (tertiary/aromatic N) is 1. The second-order valence-electron chi connectivity index (χ2n) is 6.73. The Bertz CT molecular complexity index is 817. The van der Waals surface area contributed by atoms with E-state index in [9.17, 15) is 4.79 Å². The molecule has 27 heavy (non-hydrogen) atoms. The van der Waals surface area contributed by atoms with E-state index < -0.39 is 0 Å². The molecule has 1 aliphatic carbocycles. The van der Waals surface area contributed by atoms with E-state index in [0.29, 0.717) is 22.6 Å². The van der Waals surface area contributed by atoms with Gasteiger partial charge >= 0.3 is 0 Å². The van der Waals surface area contributed by atoms with E-state index in [1.165, 1.54) is 19.8 Å². The molecule has 0 bridgehead atoms. The lowest BCUT2D eigenvalue weighted by Gasteiger charge is -2.10. The van der Waals surface area contributed by atoms with Crippen LogP contribution in [0, 0.1) is 5.92 Å². The Hall–Kier alpha value is -2.53. The molecule has 0 unspecified atom stereocenters. The maximum absolute atomic E-state index is 11.0. The Balaban J connectivity index is 1.61. The van der Waals surface area contributed by atoms with Gasteiger partial charge in [-0.25, -0.2) is 4.98 Å². The Morgan fingerprint density at radius 3 is 2.85 bits per heavy atom. The van der Waals surface area contributed by atoms with Crippen LogP contribution in [0.3, 0.4) is 0 Å². The minimum absolute atomic E-state index is 0.0457. The molecule has 1 aromatic carbocycles. The van der Waals surface area contributed by atoms with Gasteiger partial charge in [-0.2, -0.15) is 0 Å². The summed E-state index contributed by atoms with van der Waals surface area (Å²) in [6.45, 7) is 4.13. The molecule has 0 aliphatic heterocycles. The fraction of sp³-hybridized carbons (Fsp3) is 0.333. The second-order valence-corrected chi connectivity index (χ2v) is 7.13. The number of halogens is 1. The van der Waals surface area contributed by atoms with E-state index in [4.69, 9.17) is 21.1 Å². The van der Waals surface area contributed by atoms with Crippen LogP contribution in [0.15, 0.2) is 42.6 Å². The normalized spacial score (nSPS) is 14.8. The maximum atomic E-state index is 11.0. The van der Waals surface area contributed by atoms with Crippen molar-refractivity contribution in [1.29, 1.82) is 0 Å². The molecule has 1 aliphatic rings. The molecule has 1 atom stereocenters. The molecule has 3 rings (SSSR count). The maximum Gasteiger partial charge on any atom is 0.219 e. The highest BCUT2D eigenvalue weighted by molar-refractivity contribution is 6.32. The van der Waals surface area contributed by atoms with E-state index in [-0.39, 0.29) is 11.9 Å². The molecule has 1 heterocycles. The van der Waals surface area contributed by atoms with Gasteiger partial charge in [-0.1, -0.05) is 23.8 Å². The standard InChI is InChI=1S/C21H23ClN2O3/c1-14(24-15(2)25)3-4-16-7-10-21(23-12-16)27-20-11-18(8-9-19(20)22)26-13-17-5-6-17/h3-4,7-12,14,17H,5-6,13H2,1-2H3,(H,24,25)/t14-/m0/s1. The van der Waals surface area contributed by atoms with Crippen LogP contribution >= 0.6 is 11.6 Å². The largest absolute Gasteiger partial charge is 0.493 e. The lowest BCUT2D eigenvalue weighted by atomic mass is 10.2. The topological polar surface area (TPSA) is 60.5 Å². The smallest absolute Gasteiger partial charge is 0.219 e. The molecule has 142 valence electrons. The highest BCUT2D eigenvalue weighted by Gasteiger charge is 2.22. The predicted octanol–water partition coefficient (Wildman–Crippen LogP) is 4.85. The average molecular weight is 387 g/mol. The third-order valence-corrected chi connectivity index (χ3v) is 4.38. The Kier molecular flexibility index (Phi) is 6.35. The van der Waals surface area contributed by atoms with E-state index in [0.717, 1.165) is 17.9 Å². The summed E-state index contributed by atoms with van der Waals surface area (Å²) in [6, 6.07) is 9.01. The predicted molar refractivity (Wildman–Crippen MR) is 106 cm³/mol. The molecule has 0 radical (unpaired) electrons. The number of hydrogen-bond donors (Lipinski definition) is 1. The fourth-order valence-corrected chi connectivity index (χ4v) is 2.59. The zero-order chi connectivity index (χ0) is 19.2. The number of ether oxygens (including phenoxy) is 2. The second kappa shape index (κ2) is 8.91. The van der Waals surface area contributed by atoms with E-state index in [2.05, 4.69) is 10.3 Å². The molecule has 1 N–H and O–H groups in total. The van der Waals surface area contributed by atoms with Crippen molar-refractivity contribution in [2.45, 2.75) is 32.7 Å². The van der Waals surface area contributed by atoms with Gasteiger partial charge in [-0.05, 0) is 49.4 Å². The first kappa shape index (κ1) is 19.2. The molecule has 5 nitrogen and oxygen atoms in total. The summed E-state index contributed by atoms with van der Waals surface area (Å²) in [5.41, 5.74) is 0.909. The van der Waals surface area contributed by atoms with Crippen LogP contribution in [-0.2, 0) is 4.79 Å². The summed E-state index contributed by atoms with van der Waals surface area (Å²) in [5, 5.41) is 3.30. The van der Waals surface area contributed by atoms with Crippen LogP contribution in [-0.4, -0.2) is 23.5 Å². The number of benzene rings is 1. The Labute approximate surface area is 164 Å².